The molecular formula is C33H40N2O5. The third kappa shape index (κ3) is 4.03. The van der Waals surface area contributed by atoms with E-state index in [1.807, 2.05) is 36.2 Å². The number of amides is 1. The zero-order valence-corrected chi connectivity index (χ0v) is 23.9. The predicted octanol–water partition coefficient (Wildman–Crippen LogP) is 4.53. The summed E-state index contributed by atoms with van der Waals surface area (Å²) in [6, 6.07) is 12.4. The summed E-state index contributed by atoms with van der Waals surface area (Å²) >= 11 is 0. The number of likely N-dealkylation sites (tertiary alicyclic amines) is 1. The lowest BCUT2D eigenvalue weighted by Crippen LogP contribution is -2.69. The van der Waals surface area contributed by atoms with Crippen LogP contribution < -0.4 is 14.2 Å². The molecule has 0 unspecified atom stereocenters. The van der Waals surface area contributed by atoms with Crippen molar-refractivity contribution in [3.8, 4) is 17.2 Å². The minimum absolute atomic E-state index is 0.0182. The zero-order chi connectivity index (χ0) is 27.6. The van der Waals surface area contributed by atoms with Crippen molar-refractivity contribution in [3.05, 3.63) is 53.1 Å². The molecule has 2 bridgehead atoms. The second kappa shape index (κ2) is 9.79. The van der Waals surface area contributed by atoms with Crippen molar-refractivity contribution in [2.24, 2.45) is 11.8 Å². The summed E-state index contributed by atoms with van der Waals surface area (Å²) in [5.74, 6) is 3.13. The molecule has 7 nitrogen and oxygen atoms in total. The van der Waals surface area contributed by atoms with E-state index in [0.717, 1.165) is 62.4 Å². The molecule has 2 saturated carbocycles. The highest BCUT2D eigenvalue weighted by molar-refractivity contribution is 5.77. The monoisotopic (exact) mass is 544 g/mol. The molecule has 2 aliphatic heterocycles. The van der Waals surface area contributed by atoms with Crippen LogP contribution in [0.15, 0.2) is 36.4 Å². The molecule has 2 aromatic rings. The molecular weight excluding hydrogens is 504 g/mol. The van der Waals surface area contributed by atoms with Crippen LogP contribution in [0.1, 0.15) is 62.1 Å². The van der Waals surface area contributed by atoms with Gasteiger partial charge in [-0.1, -0.05) is 30.3 Å². The van der Waals surface area contributed by atoms with E-state index in [0.29, 0.717) is 29.9 Å². The zero-order valence-electron chi connectivity index (χ0n) is 23.9. The number of benzene rings is 2. The first kappa shape index (κ1) is 25.9. The van der Waals surface area contributed by atoms with Crippen molar-refractivity contribution in [2.45, 2.75) is 81.9 Å². The smallest absolute Gasteiger partial charge is 0.308 e. The van der Waals surface area contributed by atoms with Gasteiger partial charge in [-0.25, -0.2) is 0 Å². The van der Waals surface area contributed by atoms with Crippen molar-refractivity contribution in [1.29, 1.82) is 0 Å². The van der Waals surface area contributed by atoms with Gasteiger partial charge in [-0.3, -0.25) is 14.5 Å². The molecule has 1 amide bonds. The maximum atomic E-state index is 13.6. The van der Waals surface area contributed by atoms with Crippen molar-refractivity contribution in [2.75, 3.05) is 27.2 Å². The first-order chi connectivity index (χ1) is 19.4. The third-order valence-electron chi connectivity index (χ3n) is 10.5. The van der Waals surface area contributed by atoms with Gasteiger partial charge in [-0.15, -0.1) is 0 Å². The first-order valence-electron chi connectivity index (χ1n) is 15.0. The number of methoxy groups -OCH3 is 1. The molecule has 3 aliphatic carbocycles. The maximum absolute atomic E-state index is 13.6. The molecule has 1 saturated heterocycles. The lowest BCUT2D eigenvalue weighted by molar-refractivity contribution is -0.140. The quantitative estimate of drug-likeness (QED) is 0.359. The van der Waals surface area contributed by atoms with E-state index in [4.69, 9.17) is 14.2 Å². The van der Waals surface area contributed by atoms with Gasteiger partial charge >= 0.3 is 5.97 Å². The first-order valence-corrected chi connectivity index (χ1v) is 15.0. The SMILES string of the molecule is COc1cc(OC(C)=O)c2c3c1O[C@H]1[C@@H](N(C)C(=O)CCc4ccccc4)CC[C@H]4[C@@H](C2)N(CC2CC2)CC[C@@]341. The van der Waals surface area contributed by atoms with Gasteiger partial charge in [0, 0.05) is 55.6 Å². The molecule has 2 aromatic carbocycles. The Balaban J connectivity index is 1.26. The second-order valence-corrected chi connectivity index (χ2v) is 12.6. The molecule has 0 aromatic heterocycles. The summed E-state index contributed by atoms with van der Waals surface area (Å²) in [6.45, 7) is 3.66. The average Bonchev–Trinajstić information content (AvgIpc) is 3.71. The topological polar surface area (TPSA) is 68.3 Å². The number of hydrogen-bond acceptors (Lipinski definition) is 6. The fourth-order valence-corrected chi connectivity index (χ4v) is 8.55. The number of aryl methyl sites for hydroxylation is 1. The van der Waals surface area contributed by atoms with Crippen molar-refractivity contribution in [3.63, 3.8) is 0 Å². The largest absolute Gasteiger partial charge is 0.493 e. The van der Waals surface area contributed by atoms with Gasteiger partial charge in [0.15, 0.2) is 11.5 Å². The fraction of sp³-hybridized carbons (Fsp3) is 0.576. The van der Waals surface area contributed by atoms with Crippen molar-refractivity contribution >= 4 is 11.9 Å². The number of ether oxygens (including phenoxy) is 3. The van der Waals surface area contributed by atoms with E-state index in [9.17, 15) is 9.59 Å². The van der Waals surface area contributed by atoms with E-state index in [2.05, 4.69) is 17.0 Å². The van der Waals surface area contributed by atoms with E-state index in [1.165, 1.54) is 30.9 Å². The van der Waals surface area contributed by atoms with Crippen LogP contribution in [0, 0.1) is 11.8 Å². The number of piperidine rings is 1. The molecule has 1 spiro atoms. The summed E-state index contributed by atoms with van der Waals surface area (Å²) in [5.41, 5.74) is 3.26. The Hall–Kier alpha value is -3.06. The lowest BCUT2D eigenvalue weighted by atomic mass is 9.50. The number of hydrogen-bond donors (Lipinski definition) is 0. The minimum Gasteiger partial charge on any atom is -0.493 e. The Morgan fingerprint density at radius 1 is 1.12 bits per heavy atom. The van der Waals surface area contributed by atoms with E-state index in [-0.39, 0.29) is 29.4 Å². The molecule has 212 valence electrons. The van der Waals surface area contributed by atoms with E-state index >= 15 is 0 Å². The molecule has 40 heavy (non-hydrogen) atoms. The molecule has 2 heterocycles. The standard InChI is InChI=1S/C33H40N2O5/c1-20(36)39-27-18-28(38-3)31-30-23(27)17-26-24-12-13-25(34(2)29(37)14-11-21-7-5-4-6-8-21)32(40-31)33(24,30)15-16-35(26)19-22-9-10-22/h4-8,18,22,24-26,32H,9-17,19H2,1-3H3/t24-,25-,26+,32-,33-/m0/s1. The summed E-state index contributed by atoms with van der Waals surface area (Å²) in [7, 11) is 3.61. The molecule has 0 N–H and O–H groups in total. The van der Waals surface area contributed by atoms with Gasteiger partial charge in [0.2, 0.25) is 5.91 Å². The molecule has 5 aliphatic rings. The van der Waals surface area contributed by atoms with Crippen LogP contribution in [0.5, 0.6) is 17.2 Å². The van der Waals surface area contributed by atoms with Gasteiger partial charge < -0.3 is 19.1 Å². The highest BCUT2D eigenvalue weighted by atomic mass is 16.5. The van der Waals surface area contributed by atoms with Gasteiger partial charge in [-0.05, 0) is 68.9 Å². The Morgan fingerprint density at radius 3 is 2.65 bits per heavy atom. The number of likely N-dealkylation sites (N-methyl/N-ethyl adjacent to an activating group) is 1. The fourth-order valence-electron chi connectivity index (χ4n) is 8.55. The van der Waals surface area contributed by atoms with Crippen LogP contribution in [0.3, 0.4) is 0 Å². The summed E-state index contributed by atoms with van der Waals surface area (Å²) < 4.78 is 18.6. The van der Waals surface area contributed by atoms with Crippen LogP contribution in [0.4, 0.5) is 0 Å². The number of carbonyl (C=O) groups is 2. The molecule has 7 rings (SSSR count). The highest BCUT2D eigenvalue weighted by Gasteiger charge is 2.67. The number of rotatable bonds is 8. The van der Waals surface area contributed by atoms with E-state index in [1.54, 1.807) is 7.11 Å². The number of esters is 1. The van der Waals surface area contributed by atoms with Gasteiger partial charge in [0.25, 0.3) is 0 Å². The van der Waals surface area contributed by atoms with E-state index < -0.39 is 0 Å². The molecule has 5 atom stereocenters. The maximum Gasteiger partial charge on any atom is 0.308 e. The Morgan fingerprint density at radius 2 is 1.93 bits per heavy atom. The Bertz CT molecular complexity index is 1320. The second-order valence-electron chi connectivity index (χ2n) is 12.6. The minimum atomic E-state index is -0.321. The van der Waals surface area contributed by atoms with Crippen LogP contribution in [-0.2, 0) is 27.8 Å². The summed E-state index contributed by atoms with van der Waals surface area (Å²) in [6.07, 6.45) is 7.58. The van der Waals surface area contributed by atoms with Crippen LogP contribution in [0.25, 0.3) is 0 Å². The molecule has 3 fully saturated rings. The predicted molar refractivity (Wildman–Crippen MR) is 151 cm³/mol. The van der Waals surface area contributed by atoms with Crippen molar-refractivity contribution in [1.82, 2.24) is 9.80 Å². The number of carbonyl (C=O) groups excluding carboxylic acids is 2. The molecule has 0 radical (unpaired) electrons. The Labute approximate surface area is 236 Å². The summed E-state index contributed by atoms with van der Waals surface area (Å²) in [5, 5.41) is 0. The van der Waals surface area contributed by atoms with Crippen molar-refractivity contribution < 1.29 is 23.8 Å². The van der Waals surface area contributed by atoms with Gasteiger partial charge in [-0.2, -0.15) is 0 Å². The third-order valence-corrected chi connectivity index (χ3v) is 10.5. The van der Waals surface area contributed by atoms with Gasteiger partial charge in [0.1, 0.15) is 11.9 Å². The lowest BCUT2D eigenvalue weighted by Gasteiger charge is -2.60. The van der Waals surface area contributed by atoms with Crippen LogP contribution in [0.2, 0.25) is 0 Å². The number of nitrogens with zero attached hydrogens (tertiary/aromatic N) is 2. The summed E-state index contributed by atoms with van der Waals surface area (Å²) in [4.78, 5) is 30.4. The van der Waals surface area contributed by atoms with Crippen LogP contribution in [-0.4, -0.2) is 67.1 Å². The van der Waals surface area contributed by atoms with Crippen LogP contribution >= 0.6 is 0 Å². The highest BCUT2D eigenvalue weighted by Crippen LogP contribution is 2.66. The molecule has 7 heteroatoms. The van der Waals surface area contributed by atoms with Gasteiger partial charge in [0.05, 0.1) is 13.2 Å². The average molecular weight is 545 g/mol. The normalized spacial score (nSPS) is 29.8. The Kier molecular flexibility index (Phi) is 6.33.